The fourth-order valence-corrected chi connectivity index (χ4v) is 4.95. The molecule has 0 spiro atoms. The summed E-state index contributed by atoms with van der Waals surface area (Å²) >= 11 is 12.7. The van der Waals surface area contributed by atoms with Crippen molar-refractivity contribution in [1.82, 2.24) is 4.90 Å². The smallest absolute Gasteiger partial charge is 0.179 e. The molecule has 1 fully saturated rings. The van der Waals surface area contributed by atoms with Crippen LogP contribution in [0.2, 0.25) is 10.0 Å². The van der Waals surface area contributed by atoms with Gasteiger partial charge in [-0.3, -0.25) is 9.69 Å². The Morgan fingerprint density at radius 3 is 2.31 bits per heavy atom. The SMILES string of the molecule is CC.CCCc1c(Cl)cccc1N1CCN(CCCCC(=O)c2cc(Cl)c(OC)c(OC)c2)CC1. The van der Waals surface area contributed by atoms with Gasteiger partial charge in [-0.2, -0.15) is 0 Å². The van der Waals surface area contributed by atoms with Crippen LogP contribution in [-0.4, -0.2) is 57.6 Å². The summed E-state index contributed by atoms with van der Waals surface area (Å²) in [7, 11) is 3.07. The highest BCUT2D eigenvalue weighted by Gasteiger charge is 2.20. The van der Waals surface area contributed by atoms with E-state index in [9.17, 15) is 4.79 Å². The fourth-order valence-electron chi connectivity index (χ4n) is 4.40. The minimum atomic E-state index is 0.0760. The lowest BCUT2D eigenvalue weighted by atomic mass is 10.0. The number of anilines is 1. The highest BCUT2D eigenvalue weighted by atomic mass is 35.5. The number of unbranched alkanes of at least 4 members (excludes halogenated alkanes) is 1. The van der Waals surface area contributed by atoms with Crippen LogP contribution >= 0.6 is 23.2 Å². The normalized spacial score (nSPS) is 13.7. The zero-order valence-electron chi connectivity index (χ0n) is 21.8. The van der Waals surface area contributed by atoms with Gasteiger partial charge in [-0.05, 0) is 55.6 Å². The number of carbonyl (C=O) groups excluding carboxylic acids is 1. The first kappa shape index (κ1) is 29.3. The molecule has 0 atom stereocenters. The lowest BCUT2D eigenvalue weighted by molar-refractivity contribution is 0.0977. The first-order valence-corrected chi connectivity index (χ1v) is 13.4. The van der Waals surface area contributed by atoms with Crippen LogP contribution in [0.5, 0.6) is 11.5 Å². The number of halogens is 2. The molecule has 1 saturated heterocycles. The average Bonchev–Trinajstić information content (AvgIpc) is 2.88. The molecule has 0 unspecified atom stereocenters. The van der Waals surface area contributed by atoms with Crippen molar-refractivity contribution >= 4 is 34.7 Å². The largest absolute Gasteiger partial charge is 0.493 e. The summed E-state index contributed by atoms with van der Waals surface area (Å²) in [5, 5.41) is 1.26. The van der Waals surface area contributed by atoms with E-state index in [2.05, 4.69) is 22.8 Å². The molecule has 3 rings (SSSR count). The maximum absolute atomic E-state index is 12.6. The molecule has 2 aromatic rings. The molecule has 0 bridgehead atoms. The monoisotopic (exact) mass is 522 g/mol. The summed E-state index contributed by atoms with van der Waals surface area (Å²) in [4.78, 5) is 17.6. The van der Waals surface area contributed by atoms with E-state index in [0.717, 1.165) is 63.4 Å². The first-order valence-electron chi connectivity index (χ1n) is 12.7. The molecule has 2 aromatic carbocycles. The van der Waals surface area contributed by atoms with E-state index in [-0.39, 0.29) is 5.78 Å². The Morgan fingerprint density at radius 1 is 0.971 bits per heavy atom. The van der Waals surface area contributed by atoms with Crippen LogP contribution in [0.25, 0.3) is 0 Å². The zero-order chi connectivity index (χ0) is 25.8. The number of carbonyl (C=O) groups is 1. The standard InChI is InChI=1S/C26H34Cl2N2O3.C2H6/c1-4-8-20-21(27)9-7-10-23(20)30-15-13-29(14-16-30)12-6-5-11-24(31)19-17-22(28)26(33-3)25(18-19)32-2;1-2/h7,9-10,17-18H,4-6,8,11-16H2,1-3H3;1-2H3. The summed E-state index contributed by atoms with van der Waals surface area (Å²) in [6.07, 6.45) is 4.43. The van der Waals surface area contributed by atoms with Gasteiger partial charge in [0.15, 0.2) is 17.3 Å². The third-order valence-electron chi connectivity index (χ3n) is 6.19. The Labute approximate surface area is 221 Å². The van der Waals surface area contributed by atoms with Gasteiger partial charge in [-0.25, -0.2) is 0 Å². The second-order valence-electron chi connectivity index (χ2n) is 8.39. The number of ether oxygens (including phenoxy) is 2. The van der Waals surface area contributed by atoms with Crippen LogP contribution in [0.1, 0.15) is 62.4 Å². The zero-order valence-corrected chi connectivity index (χ0v) is 23.3. The highest BCUT2D eigenvalue weighted by molar-refractivity contribution is 6.32. The van der Waals surface area contributed by atoms with Gasteiger partial charge in [0.1, 0.15) is 0 Å². The third-order valence-corrected chi connectivity index (χ3v) is 6.83. The molecule has 1 heterocycles. The Bertz CT molecular complexity index is 944. The summed E-state index contributed by atoms with van der Waals surface area (Å²) in [5.74, 6) is 1.01. The highest BCUT2D eigenvalue weighted by Crippen LogP contribution is 2.36. The molecule has 0 N–H and O–H groups in total. The maximum atomic E-state index is 12.6. The quantitative estimate of drug-likeness (QED) is 0.231. The van der Waals surface area contributed by atoms with Crippen molar-refractivity contribution in [3.63, 3.8) is 0 Å². The fraction of sp³-hybridized carbons (Fsp3) is 0.536. The second kappa shape index (κ2) is 15.2. The maximum Gasteiger partial charge on any atom is 0.179 e. The van der Waals surface area contributed by atoms with Crippen molar-refractivity contribution in [1.29, 1.82) is 0 Å². The van der Waals surface area contributed by atoms with Gasteiger partial charge in [-0.15, -0.1) is 0 Å². The Hall–Kier alpha value is -1.95. The van der Waals surface area contributed by atoms with E-state index in [0.29, 0.717) is 28.5 Å². The number of methoxy groups -OCH3 is 2. The van der Waals surface area contributed by atoms with E-state index in [1.807, 2.05) is 26.0 Å². The molecule has 0 aliphatic carbocycles. The topological polar surface area (TPSA) is 42.0 Å². The number of rotatable bonds is 11. The van der Waals surface area contributed by atoms with Crippen molar-refractivity contribution in [2.75, 3.05) is 51.8 Å². The van der Waals surface area contributed by atoms with Gasteiger partial charge in [0.25, 0.3) is 0 Å². The molecule has 0 amide bonds. The van der Waals surface area contributed by atoms with Crippen LogP contribution in [0.15, 0.2) is 30.3 Å². The van der Waals surface area contributed by atoms with Crippen molar-refractivity contribution in [2.24, 2.45) is 0 Å². The molecule has 5 nitrogen and oxygen atoms in total. The van der Waals surface area contributed by atoms with Gasteiger partial charge in [0, 0.05) is 48.9 Å². The number of nitrogens with zero attached hydrogens (tertiary/aromatic N) is 2. The average molecular weight is 524 g/mol. The summed E-state index contributed by atoms with van der Waals surface area (Å²) in [5.41, 5.74) is 3.11. The molecule has 7 heteroatoms. The van der Waals surface area contributed by atoms with Crippen LogP contribution < -0.4 is 14.4 Å². The second-order valence-corrected chi connectivity index (χ2v) is 9.20. The lowest BCUT2D eigenvalue weighted by Gasteiger charge is -2.37. The van der Waals surface area contributed by atoms with E-state index >= 15 is 0 Å². The summed E-state index contributed by atoms with van der Waals surface area (Å²) < 4.78 is 10.5. The van der Waals surface area contributed by atoms with Crippen LogP contribution in [-0.2, 0) is 6.42 Å². The van der Waals surface area contributed by atoms with Gasteiger partial charge in [-0.1, -0.05) is 56.5 Å². The lowest BCUT2D eigenvalue weighted by Crippen LogP contribution is -2.47. The Balaban J connectivity index is 0.00000210. The molecule has 1 aliphatic heterocycles. The number of hydrogen-bond donors (Lipinski definition) is 0. The van der Waals surface area contributed by atoms with E-state index in [4.69, 9.17) is 32.7 Å². The molecule has 35 heavy (non-hydrogen) atoms. The first-order chi connectivity index (χ1) is 17.0. The Morgan fingerprint density at radius 2 is 1.69 bits per heavy atom. The number of benzene rings is 2. The number of hydrogen-bond acceptors (Lipinski definition) is 5. The summed E-state index contributed by atoms with van der Waals surface area (Å²) in [6.45, 7) is 11.2. The molecule has 194 valence electrons. The minimum Gasteiger partial charge on any atom is -0.493 e. The van der Waals surface area contributed by atoms with Gasteiger partial charge in [0.05, 0.1) is 19.2 Å². The van der Waals surface area contributed by atoms with Crippen LogP contribution in [0, 0.1) is 0 Å². The van der Waals surface area contributed by atoms with Crippen molar-refractivity contribution < 1.29 is 14.3 Å². The van der Waals surface area contributed by atoms with E-state index < -0.39 is 0 Å². The molecule has 1 aliphatic rings. The van der Waals surface area contributed by atoms with Crippen molar-refractivity contribution in [2.45, 2.75) is 52.9 Å². The van der Waals surface area contributed by atoms with E-state index in [1.165, 1.54) is 18.4 Å². The number of piperazine rings is 1. The Kier molecular flexibility index (Phi) is 12.7. The predicted octanol–water partition coefficient (Wildman–Crippen LogP) is 7.16. The number of ketones is 1. The summed E-state index contributed by atoms with van der Waals surface area (Å²) in [6, 6.07) is 9.59. The van der Waals surface area contributed by atoms with Gasteiger partial charge < -0.3 is 14.4 Å². The molecule has 0 saturated carbocycles. The molecular weight excluding hydrogens is 483 g/mol. The molecule has 0 aromatic heterocycles. The van der Waals surface area contributed by atoms with Gasteiger partial charge >= 0.3 is 0 Å². The van der Waals surface area contributed by atoms with Crippen LogP contribution in [0.4, 0.5) is 5.69 Å². The third kappa shape index (κ3) is 8.03. The van der Waals surface area contributed by atoms with E-state index in [1.54, 1.807) is 19.2 Å². The molecular formula is C28H40Cl2N2O3. The van der Waals surface area contributed by atoms with Gasteiger partial charge in [0.2, 0.25) is 0 Å². The molecule has 0 radical (unpaired) electrons. The van der Waals surface area contributed by atoms with Crippen LogP contribution in [0.3, 0.4) is 0 Å². The predicted molar refractivity (Wildman–Crippen MR) is 148 cm³/mol. The number of Topliss-reactive ketones (excluding diaryl/α,β-unsaturated/α-hetero) is 1. The van der Waals surface area contributed by atoms with Crippen molar-refractivity contribution in [3.8, 4) is 11.5 Å². The minimum absolute atomic E-state index is 0.0760. The van der Waals surface area contributed by atoms with Crippen molar-refractivity contribution in [3.05, 3.63) is 51.5 Å².